The fourth-order valence-corrected chi connectivity index (χ4v) is 0.622. The molecular formula is C9H21NS2. The molecule has 0 fully saturated rings. The Morgan fingerprint density at radius 1 is 1.17 bits per heavy atom. The highest BCUT2D eigenvalue weighted by molar-refractivity contribution is 8.10. The van der Waals surface area contributed by atoms with Crippen molar-refractivity contribution >= 4 is 29.2 Å². The standard InChI is InChI=1S/C5H11NS2.C4H10/c1-3-4-6(2)5(7)8;1-3-4-2/h3-4H2,1-2H3,(H,7,8);3-4H2,1-2H3. The monoisotopic (exact) mass is 207 g/mol. The van der Waals surface area contributed by atoms with Crippen molar-refractivity contribution in [3.8, 4) is 0 Å². The maximum atomic E-state index is 4.77. The molecule has 0 aromatic heterocycles. The van der Waals surface area contributed by atoms with E-state index >= 15 is 0 Å². The van der Waals surface area contributed by atoms with Gasteiger partial charge in [-0.15, -0.1) is 12.6 Å². The summed E-state index contributed by atoms with van der Waals surface area (Å²) in [5.74, 6) is 0. The van der Waals surface area contributed by atoms with Crippen LogP contribution >= 0.6 is 24.8 Å². The van der Waals surface area contributed by atoms with Gasteiger partial charge in [-0.1, -0.05) is 45.8 Å². The second-order valence-electron chi connectivity index (χ2n) is 2.70. The van der Waals surface area contributed by atoms with Crippen LogP contribution in [-0.4, -0.2) is 22.8 Å². The van der Waals surface area contributed by atoms with Crippen LogP contribution in [0.4, 0.5) is 0 Å². The number of thiocarbonyl (C=S) groups is 1. The molecule has 0 unspecified atom stereocenters. The second kappa shape index (κ2) is 11.2. The molecule has 0 aliphatic carbocycles. The second-order valence-corrected chi connectivity index (χ2v) is 3.82. The summed E-state index contributed by atoms with van der Waals surface area (Å²) in [6.07, 6.45) is 3.76. The van der Waals surface area contributed by atoms with E-state index < -0.39 is 0 Å². The van der Waals surface area contributed by atoms with E-state index in [0.29, 0.717) is 4.32 Å². The molecule has 1 nitrogen and oxygen atoms in total. The van der Waals surface area contributed by atoms with Gasteiger partial charge >= 0.3 is 0 Å². The van der Waals surface area contributed by atoms with Crippen LogP contribution in [-0.2, 0) is 0 Å². The first kappa shape index (κ1) is 14.7. The first-order chi connectivity index (χ1) is 5.59. The first-order valence-electron chi connectivity index (χ1n) is 4.54. The molecule has 0 atom stereocenters. The lowest BCUT2D eigenvalue weighted by Gasteiger charge is -2.13. The average Bonchev–Trinajstić information content (AvgIpc) is 2.05. The van der Waals surface area contributed by atoms with Crippen LogP contribution in [0.3, 0.4) is 0 Å². The molecule has 0 radical (unpaired) electrons. The van der Waals surface area contributed by atoms with Crippen molar-refractivity contribution in [3.63, 3.8) is 0 Å². The zero-order valence-electron chi connectivity index (χ0n) is 8.63. The van der Waals surface area contributed by atoms with Crippen LogP contribution in [0.1, 0.15) is 40.0 Å². The van der Waals surface area contributed by atoms with E-state index in [1.54, 1.807) is 0 Å². The molecular weight excluding hydrogens is 186 g/mol. The number of nitrogens with zero attached hydrogens (tertiary/aromatic N) is 1. The highest BCUT2D eigenvalue weighted by atomic mass is 32.1. The van der Waals surface area contributed by atoms with Crippen molar-refractivity contribution in [2.24, 2.45) is 0 Å². The Labute approximate surface area is 87.9 Å². The van der Waals surface area contributed by atoms with Crippen LogP contribution in [0, 0.1) is 0 Å². The topological polar surface area (TPSA) is 3.24 Å². The summed E-state index contributed by atoms with van der Waals surface area (Å²) in [5.41, 5.74) is 0. The van der Waals surface area contributed by atoms with Crippen molar-refractivity contribution in [2.75, 3.05) is 13.6 Å². The minimum Gasteiger partial charge on any atom is -0.361 e. The number of unbranched alkanes of at least 4 members (excludes halogenated alkanes) is 1. The van der Waals surface area contributed by atoms with Crippen molar-refractivity contribution < 1.29 is 0 Å². The van der Waals surface area contributed by atoms with E-state index in [4.69, 9.17) is 12.2 Å². The first-order valence-corrected chi connectivity index (χ1v) is 5.39. The molecule has 12 heavy (non-hydrogen) atoms. The highest BCUT2D eigenvalue weighted by Gasteiger charge is 1.93. The van der Waals surface area contributed by atoms with E-state index in [9.17, 15) is 0 Å². The summed E-state index contributed by atoms with van der Waals surface area (Å²) in [6, 6.07) is 0. The zero-order valence-corrected chi connectivity index (χ0v) is 10.3. The summed E-state index contributed by atoms with van der Waals surface area (Å²) in [6.45, 7) is 7.48. The summed E-state index contributed by atoms with van der Waals surface area (Å²) in [7, 11) is 1.94. The van der Waals surface area contributed by atoms with Crippen molar-refractivity contribution in [1.82, 2.24) is 4.90 Å². The van der Waals surface area contributed by atoms with E-state index in [-0.39, 0.29) is 0 Å². The predicted octanol–water partition coefficient (Wildman–Crippen LogP) is 3.35. The van der Waals surface area contributed by atoms with Gasteiger partial charge in [0.1, 0.15) is 4.32 Å². The van der Waals surface area contributed by atoms with Crippen LogP contribution < -0.4 is 0 Å². The average molecular weight is 207 g/mol. The molecule has 0 aromatic carbocycles. The van der Waals surface area contributed by atoms with Gasteiger partial charge < -0.3 is 4.90 Å². The van der Waals surface area contributed by atoms with Gasteiger partial charge in [-0.3, -0.25) is 0 Å². The van der Waals surface area contributed by atoms with E-state index in [0.717, 1.165) is 13.0 Å². The van der Waals surface area contributed by atoms with Crippen LogP contribution in [0.25, 0.3) is 0 Å². The Morgan fingerprint density at radius 3 is 1.67 bits per heavy atom. The summed E-state index contributed by atoms with van der Waals surface area (Å²) in [4.78, 5) is 1.94. The molecule has 3 heteroatoms. The van der Waals surface area contributed by atoms with Gasteiger partial charge in [0.05, 0.1) is 0 Å². The molecule has 0 aliphatic heterocycles. The van der Waals surface area contributed by atoms with Gasteiger partial charge in [-0.25, -0.2) is 0 Å². The Balaban J connectivity index is 0. The molecule has 0 saturated carbocycles. The lowest BCUT2D eigenvalue weighted by molar-refractivity contribution is 0.518. The fraction of sp³-hybridized carbons (Fsp3) is 0.889. The number of thiol groups is 1. The third-order valence-corrected chi connectivity index (χ3v) is 2.04. The van der Waals surface area contributed by atoms with E-state index in [1.807, 2.05) is 11.9 Å². The van der Waals surface area contributed by atoms with Gasteiger partial charge in [0.15, 0.2) is 0 Å². The number of hydrogen-bond acceptors (Lipinski definition) is 1. The molecule has 0 aromatic rings. The molecule has 0 bridgehead atoms. The molecule has 74 valence electrons. The Kier molecular flexibility index (Phi) is 13.8. The van der Waals surface area contributed by atoms with Gasteiger partial charge in [0, 0.05) is 13.6 Å². The van der Waals surface area contributed by atoms with Gasteiger partial charge in [0.2, 0.25) is 0 Å². The molecule has 0 N–H and O–H groups in total. The summed E-state index contributed by atoms with van der Waals surface area (Å²) in [5, 5.41) is 0. The van der Waals surface area contributed by atoms with Crippen LogP contribution in [0.5, 0.6) is 0 Å². The quantitative estimate of drug-likeness (QED) is 0.558. The van der Waals surface area contributed by atoms with Gasteiger partial charge in [0.25, 0.3) is 0 Å². The zero-order chi connectivity index (χ0) is 9.98. The van der Waals surface area contributed by atoms with E-state index in [1.165, 1.54) is 12.8 Å². The van der Waals surface area contributed by atoms with Crippen molar-refractivity contribution in [1.29, 1.82) is 0 Å². The minimum atomic E-state index is 0.673. The van der Waals surface area contributed by atoms with Crippen molar-refractivity contribution in [2.45, 2.75) is 40.0 Å². The summed E-state index contributed by atoms with van der Waals surface area (Å²) >= 11 is 8.76. The third-order valence-electron chi connectivity index (χ3n) is 1.39. The number of rotatable bonds is 3. The smallest absolute Gasteiger partial charge is 0.133 e. The van der Waals surface area contributed by atoms with E-state index in [2.05, 4.69) is 33.4 Å². The van der Waals surface area contributed by atoms with Crippen LogP contribution in [0.2, 0.25) is 0 Å². The fourth-order valence-electron chi connectivity index (χ4n) is 0.431. The molecule has 0 saturated heterocycles. The van der Waals surface area contributed by atoms with Crippen LogP contribution in [0.15, 0.2) is 0 Å². The van der Waals surface area contributed by atoms with Gasteiger partial charge in [-0.2, -0.15) is 0 Å². The minimum absolute atomic E-state index is 0.673. The number of hydrogen-bond donors (Lipinski definition) is 1. The normalized spacial score (nSPS) is 8.42. The molecule has 0 heterocycles. The summed E-state index contributed by atoms with van der Waals surface area (Å²) < 4.78 is 0.673. The highest BCUT2D eigenvalue weighted by Crippen LogP contribution is 1.92. The Hall–Kier alpha value is 0.240. The largest absolute Gasteiger partial charge is 0.361 e. The molecule has 0 amide bonds. The lowest BCUT2D eigenvalue weighted by Crippen LogP contribution is -2.20. The maximum absolute atomic E-state index is 4.77. The lowest BCUT2D eigenvalue weighted by atomic mass is 10.4. The molecule has 0 aliphatic rings. The SMILES string of the molecule is CCCC.CCCN(C)C(=S)S. The Bertz CT molecular complexity index is 103. The molecule has 0 rings (SSSR count). The third kappa shape index (κ3) is 12.9. The van der Waals surface area contributed by atoms with Crippen molar-refractivity contribution in [3.05, 3.63) is 0 Å². The Morgan fingerprint density at radius 2 is 1.58 bits per heavy atom. The maximum Gasteiger partial charge on any atom is 0.133 e. The molecule has 0 spiro atoms. The van der Waals surface area contributed by atoms with Gasteiger partial charge in [-0.05, 0) is 6.42 Å². The predicted molar refractivity (Wildman–Crippen MR) is 65.1 cm³/mol.